The lowest BCUT2D eigenvalue weighted by Gasteiger charge is -1.87. The van der Waals surface area contributed by atoms with Crippen LogP contribution in [0.3, 0.4) is 0 Å². The maximum atomic E-state index is 8.63. The third-order valence-electron chi connectivity index (χ3n) is 1.81. The van der Waals surface area contributed by atoms with Gasteiger partial charge in [-0.1, -0.05) is 45.9 Å². The van der Waals surface area contributed by atoms with Gasteiger partial charge in [0.2, 0.25) is 0 Å². The molecule has 0 saturated carbocycles. The van der Waals surface area contributed by atoms with Gasteiger partial charge in [0.15, 0.2) is 0 Å². The number of hydrogen-bond acceptors (Lipinski definition) is 2. The lowest BCUT2D eigenvalue weighted by Crippen LogP contribution is -1.84. The third kappa shape index (κ3) is 9.46. The first-order valence-corrected chi connectivity index (χ1v) is 6.37. The fraction of sp³-hybridized carbons (Fsp3) is 0.400. The second-order valence-corrected chi connectivity index (χ2v) is 2.98. The Bertz CT molecular complexity index is 352. The molecule has 0 radical (unpaired) electrons. The summed E-state index contributed by atoms with van der Waals surface area (Å²) in [6.45, 7) is 10.0. The number of aromatic hydroxyl groups is 1. The first kappa shape index (κ1) is 18.6. The third-order valence-corrected chi connectivity index (χ3v) is 1.81. The van der Waals surface area contributed by atoms with E-state index in [1.54, 1.807) is 30.6 Å². The van der Waals surface area contributed by atoms with E-state index in [2.05, 4.69) is 4.98 Å². The van der Waals surface area contributed by atoms with Crippen molar-refractivity contribution in [1.82, 2.24) is 9.55 Å². The average Bonchev–Trinajstić information content (AvgIpc) is 2.80. The smallest absolute Gasteiger partial charge is 0.115 e. The van der Waals surface area contributed by atoms with E-state index in [0.29, 0.717) is 5.75 Å². The molecule has 3 heteroatoms. The summed E-state index contributed by atoms with van der Waals surface area (Å²) in [5.41, 5.74) is 1.19. The average molecular weight is 250 g/mol. The minimum atomic E-state index is 0.322. The minimum absolute atomic E-state index is 0.322. The summed E-state index contributed by atoms with van der Waals surface area (Å²) in [5.74, 6) is 0.322. The molecule has 0 spiro atoms. The van der Waals surface area contributed by atoms with Crippen LogP contribution < -0.4 is 0 Å². The van der Waals surface area contributed by atoms with E-state index in [9.17, 15) is 0 Å². The van der Waals surface area contributed by atoms with E-state index < -0.39 is 0 Å². The van der Waals surface area contributed by atoms with Crippen molar-refractivity contribution in [2.75, 3.05) is 0 Å². The van der Waals surface area contributed by atoms with Crippen LogP contribution in [0.1, 0.15) is 33.4 Å². The fourth-order valence-corrected chi connectivity index (χ4v) is 0.851. The van der Waals surface area contributed by atoms with Crippen molar-refractivity contribution >= 4 is 0 Å². The molecule has 0 aliphatic carbocycles. The molecular weight excluding hydrogens is 224 g/mol. The monoisotopic (exact) mass is 250 g/mol. The van der Waals surface area contributed by atoms with E-state index in [1.165, 1.54) is 5.69 Å². The van der Waals surface area contributed by atoms with Crippen molar-refractivity contribution in [2.24, 2.45) is 7.05 Å². The number of aromatic nitrogens is 2. The van der Waals surface area contributed by atoms with Gasteiger partial charge in [-0.25, -0.2) is 4.98 Å². The molecule has 1 aromatic heterocycles. The van der Waals surface area contributed by atoms with Crippen molar-refractivity contribution in [1.29, 1.82) is 0 Å². The molecule has 0 atom stereocenters. The van der Waals surface area contributed by atoms with Crippen LogP contribution in [0.5, 0.6) is 5.75 Å². The Morgan fingerprint density at radius 1 is 1.00 bits per heavy atom. The minimum Gasteiger partial charge on any atom is -0.508 e. The second-order valence-electron chi connectivity index (χ2n) is 2.98. The molecule has 1 aromatic carbocycles. The van der Waals surface area contributed by atoms with Crippen LogP contribution in [-0.4, -0.2) is 14.7 Å². The molecule has 18 heavy (non-hydrogen) atoms. The van der Waals surface area contributed by atoms with E-state index in [0.717, 1.165) is 0 Å². The van der Waals surface area contributed by atoms with Crippen molar-refractivity contribution in [2.45, 2.75) is 34.6 Å². The van der Waals surface area contributed by atoms with Crippen LogP contribution in [0.4, 0.5) is 0 Å². The Morgan fingerprint density at radius 2 is 1.50 bits per heavy atom. The zero-order valence-electron chi connectivity index (χ0n) is 12.4. The first-order chi connectivity index (χ1) is 8.70. The molecule has 0 fully saturated rings. The summed E-state index contributed by atoms with van der Waals surface area (Å²) >= 11 is 0. The largest absolute Gasteiger partial charge is 0.508 e. The number of phenolic OH excluding ortho intramolecular Hbond substituents is 1. The molecule has 1 N–H and O–H groups in total. The van der Waals surface area contributed by atoms with Crippen LogP contribution in [-0.2, 0) is 7.05 Å². The molecule has 0 unspecified atom stereocenters. The number of phenols is 1. The predicted molar refractivity (Wildman–Crippen MR) is 78.7 cm³/mol. The number of para-hydroxylation sites is 1. The van der Waals surface area contributed by atoms with Crippen LogP contribution in [0.15, 0.2) is 42.9 Å². The van der Waals surface area contributed by atoms with Crippen molar-refractivity contribution < 1.29 is 5.11 Å². The van der Waals surface area contributed by atoms with E-state index >= 15 is 0 Å². The molecule has 0 aliphatic rings. The fourth-order valence-electron chi connectivity index (χ4n) is 0.851. The lowest BCUT2D eigenvalue weighted by molar-refractivity contribution is 0.475. The van der Waals surface area contributed by atoms with Crippen molar-refractivity contribution in [3.63, 3.8) is 0 Å². The topological polar surface area (TPSA) is 38.0 Å². The lowest BCUT2D eigenvalue weighted by atomic mass is 10.3. The van der Waals surface area contributed by atoms with Gasteiger partial charge < -0.3 is 9.67 Å². The summed E-state index contributed by atoms with van der Waals surface area (Å²) in [4.78, 5) is 3.88. The van der Waals surface area contributed by atoms with Crippen LogP contribution in [0, 0.1) is 6.92 Å². The van der Waals surface area contributed by atoms with Gasteiger partial charge in [-0.3, -0.25) is 0 Å². The molecule has 2 rings (SSSR count). The summed E-state index contributed by atoms with van der Waals surface area (Å²) in [6.07, 6.45) is 3.62. The van der Waals surface area contributed by atoms with Gasteiger partial charge in [0, 0.05) is 18.9 Å². The highest BCUT2D eigenvalue weighted by atomic mass is 16.3. The Kier molecular flexibility index (Phi) is 13.7. The van der Waals surface area contributed by atoms with E-state index in [1.807, 2.05) is 58.5 Å². The molecule has 102 valence electrons. The summed E-state index contributed by atoms with van der Waals surface area (Å²) in [6, 6.07) is 8.71. The maximum absolute atomic E-state index is 8.63. The molecule has 3 nitrogen and oxygen atoms in total. The van der Waals surface area contributed by atoms with E-state index in [4.69, 9.17) is 5.11 Å². The number of hydrogen-bond donors (Lipinski definition) is 1. The molecule has 1 heterocycles. The zero-order chi connectivity index (χ0) is 14.4. The van der Waals surface area contributed by atoms with Gasteiger partial charge in [0.1, 0.15) is 5.75 Å². The number of nitrogens with zero attached hydrogens (tertiary/aromatic N) is 2. The Labute approximate surface area is 111 Å². The SMILES string of the molecule is CC.CC.Cc1cncn1C.Oc1ccccc1. The van der Waals surface area contributed by atoms with Crippen molar-refractivity contribution in [3.05, 3.63) is 48.5 Å². The van der Waals surface area contributed by atoms with Gasteiger partial charge in [0.05, 0.1) is 6.33 Å². The zero-order valence-corrected chi connectivity index (χ0v) is 12.4. The Balaban J connectivity index is 0. The summed E-state index contributed by atoms with van der Waals surface area (Å²) in [5, 5.41) is 8.63. The quantitative estimate of drug-likeness (QED) is 0.762. The molecule has 0 saturated heterocycles. The maximum Gasteiger partial charge on any atom is 0.115 e. The van der Waals surface area contributed by atoms with Crippen LogP contribution >= 0.6 is 0 Å². The Hall–Kier alpha value is -1.77. The second kappa shape index (κ2) is 13.3. The highest BCUT2D eigenvalue weighted by Crippen LogP contribution is 2.02. The van der Waals surface area contributed by atoms with E-state index in [-0.39, 0.29) is 0 Å². The molecule has 2 aromatic rings. The van der Waals surface area contributed by atoms with Gasteiger partial charge in [-0.05, 0) is 19.1 Å². The molecule has 0 amide bonds. The summed E-state index contributed by atoms with van der Waals surface area (Å²) < 4.78 is 1.97. The van der Waals surface area contributed by atoms with Gasteiger partial charge >= 0.3 is 0 Å². The highest BCUT2D eigenvalue weighted by Gasteiger charge is 1.83. The molecular formula is C15H26N2O. The van der Waals surface area contributed by atoms with Gasteiger partial charge in [-0.15, -0.1) is 0 Å². The van der Waals surface area contributed by atoms with Gasteiger partial charge in [0.25, 0.3) is 0 Å². The molecule has 0 bridgehead atoms. The normalized spacial score (nSPS) is 7.67. The number of benzene rings is 1. The predicted octanol–water partition coefficient (Wildman–Crippen LogP) is 4.17. The number of imidazole rings is 1. The Morgan fingerprint density at radius 3 is 1.67 bits per heavy atom. The highest BCUT2D eigenvalue weighted by molar-refractivity contribution is 5.18. The summed E-state index contributed by atoms with van der Waals surface area (Å²) in [7, 11) is 1.97. The standard InChI is InChI=1S/C6H6O.C5H8N2.2C2H6/c7-6-4-2-1-3-5-6;1-5-3-6-4-7(5)2;2*1-2/h1-5,7H;3-4H,1-2H3;2*1-2H3. The van der Waals surface area contributed by atoms with Crippen LogP contribution in [0.25, 0.3) is 0 Å². The van der Waals surface area contributed by atoms with Gasteiger partial charge in [-0.2, -0.15) is 0 Å². The molecule has 0 aliphatic heterocycles. The number of aryl methyl sites for hydroxylation is 2. The van der Waals surface area contributed by atoms with Crippen molar-refractivity contribution in [3.8, 4) is 5.75 Å². The first-order valence-electron chi connectivity index (χ1n) is 6.37. The number of rotatable bonds is 0. The van der Waals surface area contributed by atoms with Crippen LogP contribution in [0.2, 0.25) is 0 Å².